The normalized spacial score (nSPS) is 22.1. The largest absolute Gasteiger partial charge is 0.352 e. The van der Waals surface area contributed by atoms with E-state index in [1.807, 2.05) is 13.8 Å². The average Bonchev–Trinajstić information content (AvgIpc) is 2.67. The summed E-state index contributed by atoms with van der Waals surface area (Å²) in [6.07, 6.45) is 1.11. The first-order valence-corrected chi connectivity index (χ1v) is 5.54. The van der Waals surface area contributed by atoms with Crippen LogP contribution in [0.25, 0.3) is 0 Å². The van der Waals surface area contributed by atoms with Gasteiger partial charge in [0, 0.05) is 32.3 Å². The summed E-state index contributed by atoms with van der Waals surface area (Å²) in [6.45, 7) is 8.35. The van der Waals surface area contributed by atoms with Gasteiger partial charge in [0.2, 0.25) is 0 Å². The second-order valence-corrected chi connectivity index (χ2v) is 3.44. The third-order valence-electron chi connectivity index (χ3n) is 2.34. The molecule has 1 aliphatic rings. The predicted octanol–water partition coefficient (Wildman–Crippen LogP) is 0.337. The summed E-state index contributed by atoms with van der Waals surface area (Å²) < 4.78 is 10.9. The van der Waals surface area contributed by atoms with Crippen molar-refractivity contribution in [2.45, 2.75) is 32.6 Å². The third kappa shape index (κ3) is 4.37. The quantitative estimate of drug-likeness (QED) is 0.584. The molecule has 1 atom stereocenters. The number of hydrogen-bond donors (Lipinski definition) is 2. The number of rotatable bonds is 7. The van der Waals surface area contributed by atoms with Crippen molar-refractivity contribution in [2.24, 2.45) is 0 Å². The lowest BCUT2D eigenvalue weighted by Crippen LogP contribution is -2.39. The molecule has 0 saturated carbocycles. The van der Waals surface area contributed by atoms with Crippen molar-refractivity contribution >= 4 is 0 Å². The van der Waals surface area contributed by atoms with E-state index in [4.69, 9.17) is 9.47 Å². The smallest absolute Gasteiger partial charge is 0.169 e. The standard InChI is InChI=1S/C10H22N2O2/c1-3-13-10(14-4-2)8-12-9-5-6-11-7-9/h9-12H,3-8H2,1-2H3. The van der Waals surface area contributed by atoms with Gasteiger partial charge in [0.1, 0.15) is 0 Å². The fourth-order valence-electron chi connectivity index (χ4n) is 1.63. The second-order valence-electron chi connectivity index (χ2n) is 3.44. The molecule has 1 unspecified atom stereocenters. The van der Waals surface area contributed by atoms with Gasteiger partial charge in [-0.2, -0.15) is 0 Å². The fourth-order valence-corrected chi connectivity index (χ4v) is 1.63. The molecule has 1 aliphatic heterocycles. The Morgan fingerprint density at radius 2 is 2.07 bits per heavy atom. The van der Waals surface area contributed by atoms with Crippen molar-refractivity contribution in [3.8, 4) is 0 Å². The molecule has 1 fully saturated rings. The Bertz CT molecular complexity index is 132. The molecule has 1 rings (SSSR count). The Hall–Kier alpha value is -0.160. The first-order chi connectivity index (χ1) is 6.86. The van der Waals surface area contributed by atoms with Gasteiger partial charge in [0.25, 0.3) is 0 Å². The molecule has 84 valence electrons. The van der Waals surface area contributed by atoms with Crippen LogP contribution in [0.5, 0.6) is 0 Å². The van der Waals surface area contributed by atoms with Gasteiger partial charge in [0.05, 0.1) is 0 Å². The lowest BCUT2D eigenvalue weighted by Gasteiger charge is -2.19. The first-order valence-electron chi connectivity index (χ1n) is 5.54. The van der Waals surface area contributed by atoms with Crippen LogP contribution in [0.15, 0.2) is 0 Å². The van der Waals surface area contributed by atoms with Crippen molar-refractivity contribution in [3.63, 3.8) is 0 Å². The highest BCUT2D eigenvalue weighted by Gasteiger charge is 2.16. The van der Waals surface area contributed by atoms with Gasteiger partial charge < -0.3 is 20.1 Å². The molecule has 4 nitrogen and oxygen atoms in total. The van der Waals surface area contributed by atoms with Gasteiger partial charge in [-0.1, -0.05) is 0 Å². The van der Waals surface area contributed by atoms with Gasteiger partial charge in [0.15, 0.2) is 6.29 Å². The topological polar surface area (TPSA) is 42.5 Å². The predicted molar refractivity (Wildman–Crippen MR) is 56.3 cm³/mol. The highest BCUT2D eigenvalue weighted by molar-refractivity contribution is 4.77. The SMILES string of the molecule is CCOC(CNC1CCNC1)OCC. The molecule has 0 amide bonds. The van der Waals surface area contributed by atoms with E-state index < -0.39 is 0 Å². The molecule has 1 saturated heterocycles. The summed E-state index contributed by atoms with van der Waals surface area (Å²) in [7, 11) is 0. The van der Waals surface area contributed by atoms with Crippen LogP contribution in [0.1, 0.15) is 20.3 Å². The maximum atomic E-state index is 5.44. The molecule has 14 heavy (non-hydrogen) atoms. The molecule has 0 radical (unpaired) electrons. The van der Waals surface area contributed by atoms with Gasteiger partial charge in [-0.25, -0.2) is 0 Å². The zero-order valence-corrected chi connectivity index (χ0v) is 9.21. The van der Waals surface area contributed by atoms with Crippen LogP contribution in [0.4, 0.5) is 0 Å². The summed E-state index contributed by atoms with van der Waals surface area (Å²) in [6, 6.07) is 0.582. The molecule has 0 bridgehead atoms. The number of hydrogen-bond acceptors (Lipinski definition) is 4. The summed E-state index contributed by atoms with van der Waals surface area (Å²) in [5.74, 6) is 0. The molecule has 0 aromatic heterocycles. The summed E-state index contributed by atoms with van der Waals surface area (Å²) in [4.78, 5) is 0. The first kappa shape index (κ1) is 11.9. The zero-order valence-electron chi connectivity index (χ0n) is 9.21. The van der Waals surface area contributed by atoms with E-state index in [2.05, 4.69) is 10.6 Å². The van der Waals surface area contributed by atoms with Crippen molar-refractivity contribution in [2.75, 3.05) is 32.8 Å². The summed E-state index contributed by atoms with van der Waals surface area (Å²) in [5, 5.41) is 6.75. The lowest BCUT2D eigenvalue weighted by atomic mass is 10.2. The third-order valence-corrected chi connectivity index (χ3v) is 2.34. The summed E-state index contributed by atoms with van der Waals surface area (Å²) in [5.41, 5.74) is 0. The number of nitrogens with one attached hydrogen (secondary N) is 2. The maximum Gasteiger partial charge on any atom is 0.169 e. The highest BCUT2D eigenvalue weighted by Crippen LogP contribution is 1.99. The molecule has 4 heteroatoms. The maximum absolute atomic E-state index is 5.44. The van der Waals surface area contributed by atoms with E-state index >= 15 is 0 Å². The van der Waals surface area contributed by atoms with E-state index in [9.17, 15) is 0 Å². The van der Waals surface area contributed by atoms with Crippen molar-refractivity contribution in [1.29, 1.82) is 0 Å². The van der Waals surface area contributed by atoms with Crippen LogP contribution in [0, 0.1) is 0 Å². The zero-order chi connectivity index (χ0) is 10.2. The van der Waals surface area contributed by atoms with Crippen molar-refractivity contribution < 1.29 is 9.47 Å². The molecule has 0 aromatic rings. The molecule has 0 spiro atoms. The Morgan fingerprint density at radius 1 is 1.36 bits per heavy atom. The van der Waals surface area contributed by atoms with Crippen LogP contribution in [0.2, 0.25) is 0 Å². The van der Waals surface area contributed by atoms with Crippen molar-refractivity contribution in [1.82, 2.24) is 10.6 Å². The van der Waals surface area contributed by atoms with Crippen LogP contribution >= 0.6 is 0 Å². The van der Waals surface area contributed by atoms with E-state index in [1.54, 1.807) is 0 Å². The van der Waals surface area contributed by atoms with E-state index in [-0.39, 0.29) is 6.29 Å². The summed E-state index contributed by atoms with van der Waals surface area (Å²) >= 11 is 0. The Labute approximate surface area is 86.3 Å². The molecule has 2 N–H and O–H groups in total. The Morgan fingerprint density at radius 3 is 2.57 bits per heavy atom. The lowest BCUT2D eigenvalue weighted by molar-refractivity contribution is -0.133. The number of ether oxygens (including phenoxy) is 2. The highest BCUT2D eigenvalue weighted by atomic mass is 16.7. The monoisotopic (exact) mass is 202 g/mol. The van der Waals surface area contributed by atoms with Crippen LogP contribution < -0.4 is 10.6 Å². The molecule has 0 aliphatic carbocycles. The minimum Gasteiger partial charge on any atom is -0.352 e. The average molecular weight is 202 g/mol. The molecular formula is C10H22N2O2. The Balaban J connectivity index is 2.10. The van der Waals surface area contributed by atoms with Crippen LogP contribution in [-0.2, 0) is 9.47 Å². The second kappa shape index (κ2) is 7.17. The molecule has 0 aromatic carbocycles. The molecular weight excluding hydrogens is 180 g/mol. The van der Waals surface area contributed by atoms with Crippen LogP contribution in [-0.4, -0.2) is 45.2 Å². The van der Waals surface area contributed by atoms with Crippen molar-refractivity contribution in [3.05, 3.63) is 0 Å². The van der Waals surface area contributed by atoms with Gasteiger partial charge >= 0.3 is 0 Å². The van der Waals surface area contributed by atoms with E-state index in [0.29, 0.717) is 19.3 Å². The minimum absolute atomic E-state index is 0.0920. The Kier molecular flexibility index (Phi) is 6.10. The minimum atomic E-state index is -0.0920. The van der Waals surface area contributed by atoms with E-state index in [1.165, 1.54) is 6.42 Å². The van der Waals surface area contributed by atoms with Gasteiger partial charge in [-0.05, 0) is 26.8 Å². The van der Waals surface area contributed by atoms with Crippen LogP contribution in [0.3, 0.4) is 0 Å². The van der Waals surface area contributed by atoms with Gasteiger partial charge in [-0.3, -0.25) is 0 Å². The van der Waals surface area contributed by atoms with Gasteiger partial charge in [-0.15, -0.1) is 0 Å². The molecule has 1 heterocycles. The fraction of sp³-hybridized carbons (Fsp3) is 1.00. The van der Waals surface area contributed by atoms with E-state index in [0.717, 1.165) is 19.6 Å².